The summed E-state index contributed by atoms with van der Waals surface area (Å²) in [6.07, 6.45) is 12.1. The van der Waals surface area contributed by atoms with E-state index < -0.39 is 0 Å². The topological polar surface area (TPSA) is 120 Å². The van der Waals surface area contributed by atoms with Crippen LogP contribution < -0.4 is 10.6 Å². The first kappa shape index (κ1) is 24.6. The van der Waals surface area contributed by atoms with E-state index in [-0.39, 0.29) is 5.13 Å². The van der Waals surface area contributed by atoms with Gasteiger partial charge in [0.1, 0.15) is 11.2 Å². The third-order valence-electron chi connectivity index (χ3n) is 7.25. The van der Waals surface area contributed by atoms with Crippen LogP contribution in [0.2, 0.25) is 0 Å². The van der Waals surface area contributed by atoms with Crippen LogP contribution in [0, 0.1) is 11.0 Å². The van der Waals surface area contributed by atoms with E-state index in [2.05, 4.69) is 47.3 Å². The summed E-state index contributed by atoms with van der Waals surface area (Å²) in [6.45, 7) is 6.39. The second kappa shape index (κ2) is 10.2. The minimum atomic E-state index is -0.249. The monoisotopic (exact) mass is 551 g/mol. The van der Waals surface area contributed by atoms with E-state index in [1.54, 1.807) is 37.1 Å². The van der Waals surface area contributed by atoms with Crippen LogP contribution in [0.3, 0.4) is 0 Å². The largest absolute Gasteiger partial charge is 0.358 e. The van der Waals surface area contributed by atoms with Gasteiger partial charge >= 0.3 is 0 Å². The van der Waals surface area contributed by atoms with Crippen LogP contribution in [0.1, 0.15) is 19.3 Å². The van der Waals surface area contributed by atoms with E-state index in [9.17, 15) is 4.39 Å². The number of H-pyrrole nitrogens is 2. The molecule has 4 N–H and O–H groups in total. The van der Waals surface area contributed by atoms with E-state index >= 15 is 0 Å². The van der Waals surface area contributed by atoms with Crippen LogP contribution in [-0.4, -0.2) is 48.2 Å². The van der Waals surface area contributed by atoms with Crippen LogP contribution in [-0.2, 0) is 0 Å². The summed E-state index contributed by atoms with van der Waals surface area (Å²) >= 11 is 1.07. The van der Waals surface area contributed by atoms with Gasteiger partial charge in [0.15, 0.2) is 11.0 Å². The highest BCUT2D eigenvalue weighted by Crippen LogP contribution is 2.34. The minimum absolute atomic E-state index is 0.249. The fraction of sp³-hybridized carbons (Fsp3) is 0.207. The normalized spacial score (nSPS) is 14.2. The molecule has 7 rings (SSSR count). The first-order chi connectivity index (χ1) is 19.6. The van der Waals surface area contributed by atoms with Gasteiger partial charge in [-0.3, -0.25) is 20.1 Å². The number of allylic oxidation sites excluding steroid dienone is 1. The van der Waals surface area contributed by atoms with Crippen molar-refractivity contribution in [2.45, 2.75) is 19.3 Å². The van der Waals surface area contributed by atoms with Gasteiger partial charge in [-0.25, -0.2) is 4.98 Å². The number of fused-ring (bicyclic) bond motifs is 2. The maximum atomic E-state index is 13.7. The van der Waals surface area contributed by atoms with E-state index in [1.165, 1.54) is 18.9 Å². The van der Waals surface area contributed by atoms with Crippen LogP contribution in [0.4, 0.5) is 10.1 Å². The van der Waals surface area contributed by atoms with Crippen molar-refractivity contribution in [3.05, 3.63) is 72.7 Å². The molecule has 0 aliphatic carbocycles. The molecule has 0 bridgehead atoms. The van der Waals surface area contributed by atoms with Gasteiger partial charge in [0.2, 0.25) is 0 Å². The molecule has 0 radical (unpaired) electrons. The fourth-order valence-corrected chi connectivity index (χ4v) is 6.02. The van der Waals surface area contributed by atoms with E-state index in [0.717, 1.165) is 80.3 Å². The molecule has 1 aliphatic rings. The molecule has 11 heteroatoms. The SMILES string of the molecule is C=C(CC1CCNCC1)Nc1cncc(-c2cc3c(-c4nc5c(-c6ccc(F)s6)cncc5[nH]4)n[nH]c3cn2)c1. The van der Waals surface area contributed by atoms with Crippen molar-refractivity contribution < 1.29 is 4.39 Å². The van der Waals surface area contributed by atoms with Crippen molar-refractivity contribution in [2.75, 3.05) is 18.4 Å². The molecule has 6 aromatic heterocycles. The summed E-state index contributed by atoms with van der Waals surface area (Å²) in [5.41, 5.74) is 7.21. The number of pyridine rings is 3. The Morgan fingerprint density at radius 3 is 2.77 bits per heavy atom. The van der Waals surface area contributed by atoms with Crippen LogP contribution in [0.5, 0.6) is 0 Å². The van der Waals surface area contributed by atoms with Gasteiger partial charge in [0.25, 0.3) is 0 Å². The zero-order valence-electron chi connectivity index (χ0n) is 21.5. The zero-order chi connectivity index (χ0) is 27.1. The van der Waals surface area contributed by atoms with Gasteiger partial charge in [-0.1, -0.05) is 6.58 Å². The maximum absolute atomic E-state index is 13.7. The third-order valence-corrected chi connectivity index (χ3v) is 8.16. The number of piperidine rings is 1. The van der Waals surface area contributed by atoms with Crippen molar-refractivity contribution in [1.82, 2.24) is 40.4 Å². The fourth-order valence-electron chi connectivity index (χ4n) is 5.28. The first-order valence-corrected chi connectivity index (χ1v) is 14.0. The number of anilines is 1. The standard InChI is InChI=1S/C29H26FN9S/c1-16(8-17-4-6-31-7-5-17)35-19-9-18(11-32-12-19)22-10-20-23(15-34-22)38-39-28(20)29-36-24-14-33-13-21(27(24)37-29)25-2-3-26(30)40-25/h2-3,9-15,17,31,35H,1,4-8H2,(H,36,37)(H,38,39). The molecule has 1 aliphatic heterocycles. The summed E-state index contributed by atoms with van der Waals surface area (Å²) in [5, 5.41) is 15.1. The molecule has 0 saturated carbocycles. The van der Waals surface area contributed by atoms with Gasteiger partial charge < -0.3 is 15.6 Å². The Bertz CT molecular complexity index is 1850. The summed E-state index contributed by atoms with van der Waals surface area (Å²) in [6, 6.07) is 7.21. The van der Waals surface area contributed by atoms with E-state index in [4.69, 9.17) is 4.98 Å². The molecule has 1 fully saturated rings. The van der Waals surface area contributed by atoms with E-state index in [0.29, 0.717) is 23.0 Å². The van der Waals surface area contributed by atoms with Crippen molar-refractivity contribution in [3.8, 4) is 33.2 Å². The zero-order valence-corrected chi connectivity index (χ0v) is 22.4. The lowest BCUT2D eigenvalue weighted by Crippen LogP contribution is -2.28. The molecule has 0 spiro atoms. The van der Waals surface area contributed by atoms with Crippen molar-refractivity contribution >= 4 is 39.0 Å². The summed E-state index contributed by atoms with van der Waals surface area (Å²) in [7, 11) is 0. The molecular formula is C29H26FN9S. The number of hydrogen-bond acceptors (Lipinski definition) is 8. The highest BCUT2D eigenvalue weighted by molar-refractivity contribution is 7.14. The number of aromatic amines is 2. The van der Waals surface area contributed by atoms with Crippen molar-refractivity contribution in [2.24, 2.45) is 5.92 Å². The molecule has 40 heavy (non-hydrogen) atoms. The summed E-state index contributed by atoms with van der Waals surface area (Å²) in [4.78, 5) is 22.4. The second-order valence-corrected chi connectivity index (χ2v) is 11.1. The molecule has 0 amide bonds. The van der Waals surface area contributed by atoms with Crippen LogP contribution in [0.15, 0.2) is 67.5 Å². The Morgan fingerprint density at radius 2 is 1.93 bits per heavy atom. The highest BCUT2D eigenvalue weighted by atomic mass is 32.1. The van der Waals surface area contributed by atoms with Gasteiger partial charge in [0, 0.05) is 39.5 Å². The Kier molecular flexibility index (Phi) is 6.29. The number of aromatic nitrogens is 7. The van der Waals surface area contributed by atoms with Crippen LogP contribution in [0.25, 0.3) is 55.2 Å². The number of nitrogens with zero attached hydrogens (tertiary/aromatic N) is 5. The molecule has 200 valence electrons. The number of hydrogen-bond donors (Lipinski definition) is 4. The molecular weight excluding hydrogens is 525 g/mol. The lowest BCUT2D eigenvalue weighted by molar-refractivity contribution is 0.373. The Morgan fingerprint density at radius 1 is 1.05 bits per heavy atom. The highest BCUT2D eigenvalue weighted by Gasteiger charge is 2.18. The molecule has 0 aromatic carbocycles. The quantitative estimate of drug-likeness (QED) is 0.188. The molecule has 6 aromatic rings. The average molecular weight is 552 g/mol. The summed E-state index contributed by atoms with van der Waals surface area (Å²) in [5.74, 6) is 1.24. The number of nitrogens with one attached hydrogen (secondary N) is 4. The van der Waals surface area contributed by atoms with Gasteiger partial charge in [-0.05, 0) is 62.5 Å². The number of thiophene rings is 1. The Hall–Kier alpha value is -4.48. The third kappa shape index (κ3) is 4.74. The number of halogens is 1. The maximum Gasteiger partial charge on any atom is 0.176 e. The second-order valence-electron chi connectivity index (χ2n) is 10.0. The molecule has 7 heterocycles. The molecule has 0 unspecified atom stereocenters. The van der Waals surface area contributed by atoms with Gasteiger partial charge in [0.05, 0.1) is 41.0 Å². The molecule has 1 saturated heterocycles. The van der Waals surface area contributed by atoms with Crippen molar-refractivity contribution in [3.63, 3.8) is 0 Å². The van der Waals surface area contributed by atoms with E-state index in [1.807, 2.05) is 12.1 Å². The van der Waals surface area contributed by atoms with Gasteiger partial charge in [-0.15, -0.1) is 11.3 Å². The molecule has 9 nitrogen and oxygen atoms in total. The number of imidazole rings is 1. The first-order valence-electron chi connectivity index (χ1n) is 13.2. The van der Waals surface area contributed by atoms with Crippen LogP contribution >= 0.6 is 11.3 Å². The predicted octanol–water partition coefficient (Wildman–Crippen LogP) is 6.14. The molecule has 0 atom stereocenters. The lowest BCUT2D eigenvalue weighted by Gasteiger charge is -2.23. The average Bonchev–Trinajstić information content (AvgIpc) is 3.71. The van der Waals surface area contributed by atoms with Crippen molar-refractivity contribution in [1.29, 1.82) is 0 Å². The lowest BCUT2D eigenvalue weighted by atomic mass is 9.93. The Balaban J connectivity index is 1.19. The Labute approximate surface area is 233 Å². The minimum Gasteiger partial charge on any atom is -0.358 e. The predicted molar refractivity (Wildman–Crippen MR) is 156 cm³/mol. The smallest absolute Gasteiger partial charge is 0.176 e. The summed E-state index contributed by atoms with van der Waals surface area (Å²) < 4.78 is 13.7. The number of rotatable bonds is 7. The van der Waals surface area contributed by atoms with Gasteiger partial charge in [-0.2, -0.15) is 9.49 Å².